The number of hydrogen-bond acceptors (Lipinski definition) is 4. The highest BCUT2D eigenvalue weighted by atomic mass is 16.5. The molecule has 0 bridgehead atoms. The average Bonchev–Trinajstić information content (AvgIpc) is 2.97. The first kappa shape index (κ1) is 15.5. The predicted molar refractivity (Wildman–Crippen MR) is 95.5 cm³/mol. The lowest BCUT2D eigenvalue weighted by molar-refractivity contribution is -0.138. The summed E-state index contributed by atoms with van der Waals surface area (Å²) in [6.45, 7) is 1.98. The van der Waals surface area contributed by atoms with Crippen LogP contribution < -0.4 is 9.64 Å². The third kappa shape index (κ3) is 2.69. The van der Waals surface area contributed by atoms with Gasteiger partial charge in [0.1, 0.15) is 23.2 Å². The van der Waals surface area contributed by atoms with Crippen molar-refractivity contribution < 1.29 is 14.6 Å². The van der Waals surface area contributed by atoms with Gasteiger partial charge in [-0.1, -0.05) is 6.07 Å². The number of aryl methyl sites for hydroxylation is 2. The third-order valence-corrected chi connectivity index (χ3v) is 4.73. The number of aromatic amines is 1. The molecule has 0 fully saturated rings. The number of fused-ring (bicyclic) bond motifs is 2. The minimum absolute atomic E-state index is 0.497. The van der Waals surface area contributed by atoms with Crippen molar-refractivity contribution in [1.82, 2.24) is 9.97 Å². The van der Waals surface area contributed by atoms with Crippen LogP contribution >= 0.6 is 0 Å². The number of carbonyl (C=O) groups is 1. The molecule has 6 nitrogen and oxygen atoms in total. The van der Waals surface area contributed by atoms with Crippen LogP contribution in [0.5, 0.6) is 11.5 Å². The monoisotopic (exact) mass is 337 g/mol. The van der Waals surface area contributed by atoms with E-state index in [2.05, 4.69) is 9.97 Å². The molecule has 1 aliphatic rings. The van der Waals surface area contributed by atoms with Gasteiger partial charge < -0.3 is 19.7 Å². The molecular formula is C19H19N3O3. The predicted octanol–water partition coefficient (Wildman–Crippen LogP) is 3.50. The Bertz CT molecular complexity index is 964. The number of carboxylic acid groups (broad SMARTS) is 1. The van der Waals surface area contributed by atoms with E-state index in [0.717, 1.165) is 40.1 Å². The summed E-state index contributed by atoms with van der Waals surface area (Å²) in [5.41, 5.74) is 3.86. The number of nitrogens with zero attached hydrogens (tertiary/aromatic N) is 2. The Labute approximate surface area is 145 Å². The minimum atomic E-state index is -0.793. The van der Waals surface area contributed by atoms with E-state index in [1.807, 2.05) is 49.2 Å². The van der Waals surface area contributed by atoms with Gasteiger partial charge >= 0.3 is 5.97 Å². The van der Waals surface area contributed by atoms with Crippen LogP contribution in [-0.2, 0) is 11.2 Å². The van der Waals surface area contributed by atoms with E-state index >= 15 is 0 Å². The number of anilines is 1. The number of aliphatic carboxylic acids is 1. The molecule has 25 heavy (non-hydrogen) atoms. The Balaban J connectivity index is 1.69. The van der Waals surface area contributed by atoms with Gasteiger partial charge in [0, 0.05) is 30.7 Å². The third-order valence-electron chi connectivity index (χ3n) is 4.73. The SMILES string of the molecule is Cc1cc2c(Oc3ccc4c(c3)N(C)C(C(=O)O)CC4)ccnc2[nH]1. The second kappa shape index (κ2) is 5.81. The number of aromatic nitrogens is 2. The van der Waals surface area contributed by atoms with Gasteiger partial charge in [0.05, 0.1) is 5.39 Å². The number of ether oxygens (including phenoxy) is 1. The highest BCUT2D eigenvalue weighted by molar-refractivity contribution is 5.84. The molecule has 128 valence electrons. The lowest BCUT2D eigenvalue weighted by atomic mass is 9.96. The van der Waals surface area contributed by atoms with Gasteiger partial charge in [-0.15, -0.1) is 0 Å². The smallest absolute Gasteiger partial charge is 0.326 e. The molecule has 0 saturated carbocycles. The number of hydrogen-bond donors (Lipinski definition) is 2. The second-order valence-corrected chi connectivity index (χ2v) is 6.42. The molecule has 0 radical (unpaired) electrons. The lowest BCUT2D eigenvalue weighted by Crippen LogP contribution is -2.41. The molecule has 1 unspecified atom stereocenters. The zero-order valence-electron chi connectivity index (χ0n) is 14.1. The summed E-state index contributed by atoms with van der Waals surface area (Å²) in [5, 5.41) is 10.3. The van der Waals surface area contributed by atoms with Crippen molar-refractivity contribution in [2.24, 2.45) is 0 Å². The fourth-order valence-electron chi connectivity index (χ4n) is 3.44. The van der Waals surface area contributed by atoms with Gasteiger partial charge in [-0.05, 0) is 43.5 Å². The molecule has 6 heteroatoms. The first-order valence-corrected chi connectivity index (χ1v) is 8.23. The molecule has 1 aliphatic heterocycles. The molecule has 0 aliphatic carbocycles. The summed E-state index contributed by atoms with van der Waals surface area (Å²) < 4.78 is 6.08. The van der Waals surface area contributed by atoms with E-state index in [0.29, 0.717) is 12.2 Å². The first-order valence-electron chi connectivity index (χ1n) is 8.23. The fourth-order valence-corrected chi connectivity index (χ4v) is 3.44. The number of rotatable bonds is 3. The molecule has 3 heterocycles. The van der Waals surface area contributed by atoms with Crippen LogP contribution in [0, 0.1) is 6.92 Å². The van der Waals surface area contributed by atoms with Gasteiger partial charge in [0.15, 0.2) is 0 Å². The van der Waals surface area contributed by atoms with Crippen LogP contribution in [0.15, 0.2) is 36.5 Å². The molecule has 0 spiro atoms. The van der Waals surface area contributed by atoms with Crippen molar-refractivity contribution >= 4 is 22.7 Å². The summed E-state index contributed by atoms with van der Waals surface area (Å²) in [6.07, 6.45) is 3.08. The van der Waals surface area contributed by atoms with Crippen molar-refractivity contribution in [2.75, 3.05) is 11.9 Å². The normalized spacial score (nSPS) is 16.7. The van der Waals surface area contributed by atoms with Crippen molar-refractivity contribution in [2.45, 2.75) is 25.8 Å². The fraction of sp³-hybridized carbons (Fsp3) is 0.263. The van der Waals surface area contributed by atoms with Crippen molar-refractivity contribution in [1.29, 1.82) is 0 Å². The molecule has 2 aromatic heterocycles. The summed E-state index contributed by atoms with van der Waals surface area (Å²) in [4.78, 5) is 20.7. The molecule has 0 saturated heterocycles. The quantitative estimate of drug-likeness (QED) is 0.765. The van der Waals surface area contributed by atoms with E-state index in [-0.39, 0.29) is 0 Å². The Morgan fingerprint density at radius 3 is 3.00 bits per heavy atom. The number of benzene rings is 1. The zero-order valence-corrected chi connectivity index (χ0v) is 14.1. The van der Waals surface area contributed by atoms with Crippen LogP contribution in [0.1, 0.15) is 17.7 Å². The summed E-state index contributed by atoms with van der Waals surface area (Å²) in [6, 6.07) is 9.19. The summed E-state index contributed by atoms with van der Waals surface area (Å²) in [5.74, 6) is 0.614. The molecule has 1 atom stereocenters. The van der Waals surface area contributed by atoms with Crippen LogP contribution in [0.2, 0.25) is 0 Å². The molecular weight excluding hydrogens is 318 g/mol. The number of H-pyrrole nitrogens is 1. The summed E-state index contributed by atoms with van der Waals surface area (Å²) in [7, 11) is 1.82. The Morgan fingerprint density at radius 2 is 2.20 bits per heavy atom. The second-order valence-electron chi connectivity index (χ2n) is 6.42. The Hall–Kier alpha value is -3.02. The van der Waals surface area contributed by atoms with Crippen LogP contribution in [0.3, 0.4) is 0 Å². The zero-order chi connectivity index (χ0) is 17.6. The molecule has 3 aromatic rings. The molecule has 0 amide bonds. The maximum Gasteiger partial charge on any atom is 0.326 e. The highest BCUT2D eigenvalue weighted by Crippen LogP contribution is 2.36. The molecule has 1 aromatic carbocycles. The van der Waals surface area contributed by atoms with Crippen molar-refractivity contribution in [3.8, 4) is 11.5 Å². The standard InChI is InChI=1S/C19H19N3O3/c1-11-9-14-17(7-8-20-18(14)21-11)25-13-5-3-12-4-6-15(19(23)24)22(2)16(12)10-13/h3,5,7-10,15H,4,6H2,1-2H3,(H,20,21)(H,23,24). The lowest BCUT2D eigenvalue weighted by Gasteiger charge is -2.33. The maximum atomic E-state index is 11.4. The number of carboxylic acids is 1. The van der Waals surface area contributed by atoms with E-state index in [4.69, 9.17) is 4.74 Å². The van der Waals surface area contributed by atoms with E-state index in [1.165, 1.54) is 0 Å². The van der Waals surface area contributed by atoms with Crippen LogP contribution in [-0.4, -0.2) is 34.1 Å². The van der Waals surface area contributed by atoms with Crippen LogP contribution in [0.25, 0.3) is 11.0 Å². The van der Waals surface area contributed by atoms with Gasteiger partial charge in [-0.25, -0.2) is 9.78 Å². The van der Waals surface area contributed by atoms with Gasteiger partial charge in [0.2, 0.25) is 0 Å². The average molecular weight is 337 g/mol. The molecule has 2 N–H and O–H groups in total. The topological polar surface area (TPSA) is 78.4 Å². The number of likely N-dealkylation sites (N-methyl/N-ethyl adjacent to an activating group) is 1. The van der Waals surface area contributed by atoms with E-state index < -0.39 is 12.0 Å². The number of pyridine rings is 1. The van der Waals surface area contributed by atoms with E-state index in [1.54, 1.807) is 6.20 Å². The van der Waals surface area contributed by atoms with Crippen molar-refractivity contribution in [3.63, 3.8) is 0 Å². The largest absolute Gasteiger partial charge is 0.480 e. The van der Waals surface area contributed by atoms with Crippen LogP contribution in [0.4, 0.5) is 5.69 Å². The highest BCUT2D eigenvalue weighted by Gasteiger charge is 2.29. The Kier molecular flexibility index (Phi) is 3.60. The summed E-state index contributed by atoms with van der Waals surface area (Å²) >= 11 is 0. The maximum absolute atomic E-state index is 11.4. The van der Waals surface area contributed by atoms with Gasteiger partial charge in [-0.3, -0.25) is 0 Å². The first-order chi connectivity index (χ1) is 12.0. The van der Waals surface area contributed by atoms with Gasteiger partial charge in [0.25, 0.3) is 0 Å². The van der Waals surface area contributed by atoms with Gasteiger partial charge in [-0.2, -0.15) is 0 Å². The Morgan fingerprint density at radius 1 is 1.36 bits per heavy atom. The number of nitrogens with one attached hydrogen (secondary N) is 1. The van der Waals surface area contributed by atoms with E-state index in [9.17, 15) is 9.90 Å². The molecule has 4 rings (SSSR count). The minimum Gasteiger partial charge on any atom is -0.480 e. The van der Waals surface area contributed by atoms with Crippen molar-refractivity contribution in [3.05, 3.63) is 47.8 Å².